The second-order valence-corrected chi connectivity index (χ2v) is 4.83. The Morgan fingerprint density at radius 1 is 1.56 bits per heavy atom. The van der Waals surface area contributed by atoms with Gasteiger partial charge in [0.2, 0.25) is 0 Å². The van der Waals surface area contributed by atoms with Gasteiger partial charge in [0.05, 0.1) is 10.6 Å². The van der Waals surface area contributed by atoms with Gasteiger partial charge in [-0.05, 0) is 31.2 Å². The minimum absolute atomic E-state index is 0.466. The van der Waals surface area contributed by atoms with E-state index in [1.54, 1.807) is 12.3 Å². The largest absolute Gasteiger partial charge is 0.366 e. The molecule has 0 amide bonds. The average molecular weight is 236 g/mol. The minimum atomic E-state index is 0.466. The highest BCUT2D eigenvalue weighted by molar-refractivity contribution is 6.33. The molecule has 1 N–H and O–H groups in total. The van der Waals surface area contributed by atoms with E-state index >= 15 is 0 Å². The zero-order valence-electron chi connectivity index (χ0n) is 9.20. The number of pyridine rings is 1. The van der Waals surface area contributed by atoms with Gasteiger partial charge in [0.15, 0.2) is 0 Å². The van der Waals surface area contributed by atoms with E-state index in [-0.39, 0.29) is 0 Å². The van der Waals surface area contributed by atoms with Crippen molar-refractivity contribution in [1.82, 2.24) is 4.98 Å². The van der Waals surface area contributed by atoms with Crippen molar-refractivity contribution >= 4 is 17.4 Å². The summed E-state index contributed by atoms with van der Waals surface area (Å²) in [5, 5.41) is 12.6. The van der Waals surface area contributed by atoms with Gasteiger partial charge in [-0.1, -0.05) is 18.5 Å². The number of nitrogens with one attached hydrogen (secondary N) is 1. The summed E-state index contributed by atoms with van der Waals surface area (Å²) in [5.74, 6) is 1.47. The number of hydrogen-bond acceptors (Lipinski definition) is 3. The third-order valence-electron chi connectivity index (χ3n) is 3.01. The van der Waals surface area contributed by atoms with Gasteiger partial charge in [0.25, 0.3) is 0 Å². The molecular weight excluding hydrogens is 222 g/mol. The summed E-state index contributed by atoms with van der Waals surface area (Å²) in [6.07, 6.45) is 5.13. The molecule has 1 saturated carbocycles. The van der Waals surface area contributed by atoms with Gasteiger partial charge >= 0.3 is 0 Å². The van der Waals surface area contributed by atoms with E-state index in [0.717, 1.165) is 12.3 Å². The topological polar surface area (TPSA) is 48.7 Å². The van der Waals surface area contributed by atoms with Gasteiger partial charge < -0.3 is 5.32 Å². The van der Waals surface area contributed by atoms with Crippen LogP contribution in [-0.2, 0) is 0 Å². The first-order valence-electron chi connectivity index (χ1n) is 5.51. The molecule has 0 saturated heterocycles. The molecule has 0 aliphatic heterocycles. The van der Waals surface area contributed by atoms with Crippen LogP contribution in [0.5, 0.6) is 0 Å². The lowest BCUT2D eigenvalue weighted by atomic mass is 10.1. The van der Waals surface area contributed by atoms with Crippen LogP contribution in [0.3, 0.4) is 0 Å². The van der Waals surface area contributed by atoms with Gasteiger partial charge in [-0.2, -0.15) is 5.26 Å². The fraction of sp³-hybridized carbons (Fsp3) is 0.500. The van der Waals surface area contributed by atoms with E-state index in [1.807, 2.05) is 6.07 Å². The van der Waals surface area contributed by atoms with Crippen LogP contribution < -0.4 is 5.32 Å². The van der Waals surface area contributed by atoms with E-state index in [1.165, 1.54) is 12.8 Å². The fourth-order valence-corrected chi connectivity index (χ4v) is 2.36. The summed E-state index contributed by atoms with van der Waals surface area (Å²) in [4.78, 5) is 4.17. The predicted molar refractivity (Wildman–Crippen MR) is 64.4 cm³/mol. The van der Waals surface area contributed by atoms with Crippen molar-refractivity contribution in [1.29, 1.82) is 5.26 Å². The minimum Gasteiger partial charge on any atom is -0.366 e. The Hall–Kier alpha value is -1.27. The summed E-state index contributed by atoms with van der Waals surface area (Å²) in [6.45, 7) is 2.26. The number of aromatic nitrogens is 1. The maximum absolute atomic E-state index is 8.70. The van der Waals surface area contributed by atoms with Crippen LogP contribution in [0, 0.1) is 17.2 Å². The molecule has 2 rings (SSSR count). The quantitative estimate of drug-likeness (QED) is 0.856. The van der Waals surface area contributed by atoms with Crippen molar-refractivity contribution in [3.05, 3.63) is 22.8 Å². The van der Waals surface area contributed by atoms with Crippen molar-refractivity contribution in [2.24, 2.45) is 5.92 Å². The van der Waals surface area contributed by atoms with Crippen LogP contribution in [0.2, 0.25) is 5.02 Å². The highest BCUT2D eigenvalue weighted by Crippen LogP contribution is 2.29. The SMILES string of the molecule is CC1CCC(Nc2ncc(C#N)cc2Cl)C1. The number of nitrogens with zero attached hydrogens (tertiary/aromatic N) is 2. The number of halogens is 1. The van der Waals surface area contributed by atoms with Crippen LogP contribution in [0.1, 0.15) is 31.7 Å². The molecular formula is C12H14ClN3. The van der Waals surface area contributed by atoms with Crippen LogP contribution in [0.4, 0.5) is 5.82 Å². The van der Waals surface area contributed by atoms with E-state index in [0.29, 0.717) is 22.4 Å². The molecule has 1 aromatic rings. The smallest absolute Gasteiger partial charge is 0.145 e. The number of hydrogen-bond donors (Lipinski definition) is 1. The molecule has 1 fully saturated rings. The van der Waals surface area contributed by atoms with E-state index in [2.05, 4.69) is 17.2 Å². The van der Waals surface area contributed by atoms with Crippen LogP contribution >= 0.6 is 11.6 Å². The number of rotatable bonds is 2. The first kappa shape index (κ1) is 11.2. The zero-order chi connectivity index (χ0) is 11.5. The lowest BCUT2D eigenvalue weighted by molar-refractivity contribution is 0.602. The van der Waals surface area contributed by atoms with E-state index in [9.17, 15) is 0 Å². The second kappa shape index (κ2) is 4.71. The number of nitriles is 1. The van der Waals surface area contributed by atoms with Crippen LogP contribution in [0.15, 0.2) is 12.3 Å². The second-order valence-electron chi connectivity index (χ2n) is 4.43. The molecule has 0 bridgehead atoms. The molecule has 4 heteroatoms. The molecule has 2 unspecified atom stereocenters. The van der Waals surface area contributed by atoms with Gasteiger partial charge in [-0.3, -0.25) is 0 Å². The lowest BCUT2D eigenvalue weighted by Crippen LogP contribution is -2.16. The molecule has 84 valence electrons. The van der Waals surface area contributed by atoms with Crippen LogP contribution in [0.25, 0.3) is 0 Å². The first-order chi connectivity index (χ1) is 7.69. The van der Waals surface area contributed by atoms with Gasteiger partial charge in [0.1, 0.15) is 11.9 Å². The summed E-state index contributed by atoms with van der Waals surface area (Å²) >= 11 is 6.05. The molecule has 1 heterocycles. The Balaban J connectivity index is 2.08. The van der Waals surface area contributed by atoms with Gasteiger partial charge in [0, 0.05) is 12.2 Å². The molecule has 1 aliphatic carbocycles. The molecule has 3 nitrogen and oxygen atoms in total. The van der Waals surface area contributed by atoms with Gasteiger partial charge in [-0.25, -0.2) is 4.98 Å². The Morgan fingerprint density at radius 3 is 2.94 bits per heavy atom. The van der Waals surface area contributed by atoms with Crippen molar-refractivity contribution < 1.29 is 0 Å². The van der Waals surface area contributed by atoms with Crippen molar-refractivity contribution in [3.63, 3.8) is 0 Å². The summed E-state index contributed by atoms with van der Waals surface area (Å²) in [7, 11) is 0. The molecule has 2 atom stereocenters. The third-order valence-corrected chi connectivity index (χ3v) is 3.29. The summed E-state index contributed by atoms with van der Waals surface area (Å²) in [5.41, 5.74) is 0.496. The normalized spacial score (nSPS) is 24.1. The Kier molecular flexibility index (Phi) is 3.31. The zero-order valence-corrected chi connectivity index (χ0v) is 9.96. The van der Waals surface area contributed by atoms with Gasteiger partial charge in [-0.15, -0.1) is 0 Å². The van der Waals surface area contributed by atoms with Crippen LogP contribution in [-0.4, -0.2) is 11.0 Å². The Bertz CT molecular complexity index is 425. The highest BCUT2D eigenvalue weighted by Gasteiger charge is 2.21. The first-order valence-corrected chi connectivity index (χ1v) is 5.89. The molecule has 1 aromatic heterocycles. The summed E-state index contributed by atoms with van der Waals surface area (Å²) < 4.78 is 0. The third kappa shape index (κ3) is 2.45. The lowest BCUT2D eigenvalue weighted by Gasteiger charge is -2.14. The highest BCUT2D eigenvalue weighted by atomic mass is 35.5. The summed E-state index contributed by atoms with van der Waals surface area (Å²) in [6, 6.07) is 4.13. The monoisotopic (exact) mass is 235 g/mol. The fourth-order valence-electron chi connectivity index (χ4n) is 2.14. The molecule has 16 heavy (non-hydrogen) atoms. The predicted octanol–water partition coefficient (Wildman–Crippen LogP) is 3.21. The Morgan fingerprint density at radius 2 is 2.38 bits per heavy atom. The molecule has 0 spiro atoms. The average Bonchev–Trinajstić information content (AvgIpc) is 2.67. The van der Waals surface area contributed by atoms with Crippen molar-refractivity contribution in [2.75, 3.05) is 5.32 Å². The molecule has 1 aliphatic rings. The van der Waals surface area contributed by atoms with Crippen molar-refractivity contribution in [2.45, 2.75) is 32.2 Å². The molecule has 0 radical (unpaired) electrons. The Labute approximate surface area is 100 Å². The van der Waals surface area contributed by atoms with Crippen molar-refractivity contribution in [3.8, 4) is 6.07 Å². The van der Waals surface area contributed by atoms with E-state index in [4.69, 9.17) is 16.9 Å². The maximum Gasteiger partial charge on any atom is 0.145 e. The van der Waals surface area contributed by atoms with E-state index < -0.39 is 0 Å². The maximum atomic E-state index is 8.70. The standard InChI is InChI=1S/C12H14ClN3/c1-8-2-3-10(4-8)16-12-11(13)5-9(6-14)7-15-12/h5,7-8,10H,2-4H2,1H3,(H,15,16). The number of anilines is 1. The molecule has 0 aromatic carbocycles.